The summed E-state index contributed by atoms with van der Waals surface area (Å²) in [7, 11) is 3.08. The summed E-state index contributed by atoms with van der Waals surface area (Å²) in [6.45, 7) is 2.18. The first-order valence-electron chi connectivity index (χ1n) is 10.6. The van der Waals surface area contributed by atoms with Gasteiger partial charge in [-0.25, -0.2) is 9.07 Å². The van der Waals surface area contributed by atoms with E-state index in [1.165, 1.54) is 31.4 Å². The second-order valence-electron chi connectivity index (χ2n) is 7.63. The van der Waals surface area contributed by atoms with Gasteiger partial charge in [0, 0.05) is 55.6 Å². The van der Waals surface area contributed by atoms with Crippen molar-refractivity contribution in [2.75, 3.05) is 45.3 Å². The minimum atomic E-state index is -0.521. The highest BCUT2D eigenvalue weighted by Crippen LogP contribution is 2.24. The summed E-state index contributed by atoms with van der Waals surface area (Å²) in [5, 5.41) is 4.23. The van der Waals surface area contributed by atoms with Gasteiger partial charge >= 0.3 is 0 Å². The molecule has 1 aliphatic heterocycles. The van der Waals surface area contributed by atoms with E-state index in [4.69, 9.17) is 9.47 Å². The average molecular weight is 452 g/mol. The quantitative estimate of drug-likeness (QED) is 0.572. The highest BCUT2D eigenvalue weighted by molar-refractivity contribution is 5.76. The van der Waals surface area contributed by atoms with E-state index < -0.39 is 11.4 Å². The summed E-state index contributed by atoms with van der Waals surface area (Å²) >= 11 is 0. The number of benzene rings is 2. The summed E-state index contributed by atoms with van der Waals surface area (Å²) in [6, 6.07) is 14.9. The van der Waals surface area contributed by atoms with Gasteiger partial charge in [-0.3, -0.25) is 9.59 Å². The van der Waals surface area contributed by atoms with Crippen molar-refractivity contribution in [3.63, 3.8) is 0 Å². The molecule has 0 saturated carbocycles. The minimum Gasteiger partial charge on any atom is -0.497 e. The lowest BCUT2D eigenvalue weighted by atomic mass is 10.1. The summed E-state index contributed by atoms with van der Waals surface area (Å²) in [6.07, 6.45) is 0. The standard InChI is InChI=1S/C24H25FN4O4/c1-32-18-5-3-4-17(14-18)27-10-12-28(13-11-27)24(31)16-29-23(30)9-8-22(26-29)20-7-6-19(33-2)15-21(20)25/h3-9,14-15H,10-13,16H2,1-2H3. The van der Waals surface area contributed by atoms with Crippen molar-refractivity contribution in [1.82, 2.24) is 14.7 Å². The molecule has 1 aromatic heterocycles. The van der Waals surface area contributed by atoms with Gasteiger partial charge in [0.25, 0.3) is 5.56 Å². The molecule has 0 spiro atoms. The fourth-order valence-corrected chi connectivity index (χ4v) is 3.79. The van der Waals surface area contributed by atoms with Crippen LogP contribution in [0.25, 0.3) is 11.3 Å². The van der Waals surface area contributed by atoms with Gasteiger partial charge in [-0.15, -0.1) is 0 Å². The molecule has 3 aromatic rings. The zero-order valence-electron chi connectivity index (χ0n) is 18.5. The molecule has 0 N–H and O–H groups in total. The Labute approximate surface area is 190 Å². The number of methoxy groups -OCH3 is 2. The van der Waals surface area contributed by atoms with E-state index in [0.29, 0.717) is 31.9 Å². The van der Waals surface area contributed by atoms with E-state index in [2.05, 4.69) is 10.00 Å². The molecule has 1 aliphatic rings. The number of halogens is 1. The summed E-state index contributed by atoms with van der Waals surface area (Å²) in [4.78, 5) is 29.1. The zero-order chi connectivity index (χ0) is 23.4. The fraction of sp³-hybridized carbons (Fsp3) is 0.292. The number of carbonyl (C=O) groups is 1. The van der Waals surface area contributed by atoms with E-state index >= 15 is 0 Å². The van der Waals surface area contributed by atoms with Crippen molar-refractivity contribution in [3.05, 3.63) is 70.8 Å². The highest BCUT2D eigenvalue weighted by atomic mass is 19.1. The zero-order valence-corrected chi connectivity index (χ0v) is 18.5. The number of piperazine rings is 1. The fourth-order valence-electron chi connectivity index (χ4n) is 3.79. The first-order valence-corrected chi connectivity index (χ1v) is 10.6. The van der Waals surface area contributed by atoms with Crippen molar-refractivity contribution in [2.45, 2.75) is 6.54 Å². The second-order valence-corrected chi connectivity index (χ2v) is 7.63. The van der Waals surface area contributed by atoms with Crippen molar-refractivity contribution in [1.29, 1.82) is 0 Å². The molecule has 1 amide bonds. The van der Waals surface area contributed by atoms with Crippen molar-refractivity contribution in [2.24, 2.45) is 0 Å². The highest BCUT2D eigenvalue weighted by Gasteiger charge is 2.22. The number of aromatic nitrogens is 2. The third kappa shape index (κ3) is 4.97. The van der Waals surface area contributed by atoms with Gasteiger partial charge in [-0.1, -0.05) is 6.07 Å². The van der Waals surface area contributed by atoms with Gasteiger partial charge in [0.2, 0.25) is 5.91 Å². The smallest absolute Gasteiger partial charge is 0.267 e. The van der Waals surface area contributed by atoms with Crippen LogP contribution in [-0.4, -0.2) is 61.0 Å². The molecule has 2 heterocycles. The van der Waals surface area contributed by atoms with E-state index in [-0.39, 0.29) is 23.7 Å². The molecule has 0 unspecified atom stereocenters. The molecule has 8 nitrogen and oxygen atoms in total. The Morgan fingerprint density at radius 1 is 0.970 bits per heavy atom. The van der Waals surface area contributed by atoms with Gasteiger partial charge in [0.05, 0.1) is 19.9 Å². The Morgan fingerprint density at radius 2 is 1.70 bits per heavy atom. The Balaban J connectivity index is 1.44. The van der Waals surface area contributed by atoms with E-state index in [9.17, 15) is 14.0 Å². The van der Waals surface area contributed by atoms with Crippen molar-refractivity contribution >= 4 is 11.6 Å². The normalized spacial score (nSPS) is 13.7. The van der Waals surface area contributed by atoms with Crippen LogP contribution in [0.3, 0.4) is 0 Å². The SMILES string of the molecule is COc1cccc(N2CCN(C(=O)Cn3nc(-c4ccc(OC)cc4F)ccc3=O)CC2)c1. The van der Waals surface area contributed by atoms with Gasteiger partial charge in [-0.05, 0) is 30.3 Å². The molecule has 0 aliphatic carbocycles. The molecule has 9 heteroatoms. The number of hydrogen-bond donors (Lipinski definition) is 0. The Kier molecular flexibility index (Phi) is 6.58. The largest absolute Gasteiger partial charge is 0.497 e. The number of nitrogens with zero attached hydrogens (tertiary/aromatic N) is 4. The maximum absolute atomic E-state index is 14.4. The maximum Gasteiger partial charge on any atom is 0.267 e. The Bertz CT molecular complexity index is 1210. The van der Waals surface area contributed by atoms with Crippen LogP contribution in [0.5, 0.6) is 11.5 Å². The lowest BCUT2D eigenvalue weighted by molar-refractivity contribution is -0.132. The molecule has 172 valence electrons. The summed E-state index contributed by atoms with van der Waals surface area (Å²) in [5.74, 6) is 0.437. The predicted molar refractivity (Wildman–Crippen MR) is 122 cm³/mol. The van der Waals surface area contributed by atoms with Crippen LogP contribution in [0.1, 0.15) is 0 Å². The second kappa shape index (κ2) is 9.72. The van der Waals surface area contributed by atoms with Crippen LogP contribution in [0.4, 0.5) is 10.1 Å². The molecule has 2 aromatic carbocycles. The predicted octanol–water partition coefficient (Wildman–Crippen LogP) is 2.42. The average Bonchev–Trinajstić information content (AvgIpc) is 2.85. The lowest BCUT2D eigenvalue weighted by Crippen LogP contribution is -2.50. The summed E-state index contributed by atoms with van der Waals surface area (Å²) < 4.78 is 25.8. The van der Waals surface area contributed by atoms with Gasteiger partial charge in [0.15, 0.2) is 0 Å². The number of anilines is 1. The molecular weight excluding hydrogens is 427 g/mol. The van der Waals surface area contributed by atoms with Crippen LogP contribution < -0.4 is 19.9 Å². The molecule has 0 bridgehead atoms. The van der Waals surface area contributed by atoms with Crippen LogP contribution in [0.2, 0.25) is 0 Å². The summed E-state index contributed by atoms with van der Waals surface area (Å²) in [5.41, 5.74) is 1.11. The third-order valence-electron chi connectivity index (χ3n) is 5.65. The van der Waals surface area contributed by atoms with E-state index in [0.717, 1.165) is 16.1 Å². The van der Waals surface area contributed by atoms with Crippen molar-refractivity contribution in [3.8, 4) is 22.8 Å². The van der Waals surface area contributed by atoms with E-state index in [1.54, 1.807) is 18.1 Å². The maximum atomic E-state index is 14.4. The molecule has 0 atom stereocenters. The van der Waals surface area contributed by atoms with Gasteiger partial charge in [0.1, 0.15) is 23.9 Å². The number of ether oxygens (including phenoxy) is 2. The molecular formula is C24H25FN4O4. The van der Waals surface area contributed by atoms with Gasteiger partial charge < -0.3 is 19.3 Å². The number of rotatable bonds is 6. The molecule has 1 fully saturated rings. The van der Waals surface area contributed by atoms with Crippen LogP contribution >= 0.6 is 0 Å². The Hall–Kier alpha value is -3.88. The lowest BCUT2D eigenvalue weighted by Gasteiger charge is -2.36. The number of hydrogen-bond acceptors (Lipinski definition) is 6. The van der Waals surface area contributed by atoms with Crippen molar-refractivity contribution < 1.29 is 18.7 Å². The third-order valence-corrected chi connectivity index (χ3v) is 5.65. The van der Waals surface area contributed by atoms with Crippen LogP contribution in [-0.2, 0) is 11.3 Å². The first kappa shape index (κ1) is 22.3. The molecule has 4 rings (SSSR count). The Morgan fingerprint density at radius 3 is 2.39 bits per heavy atom. The van der Waals surface area contributed by atoms with Crippen LogP contribution in [0, 0.1) is 5.82 Å². The molecule has 33 heavy (non-hydrogen) atoms. The van der Waals surface area contributed by atoms with Crippen LogP contribution in [0.15, 0.2) is 59.4 Å². The monoisotopic (exact) mass is 452 g/mol. The topological polar surface area (TPSA) is 76.9 Å². The molecule has 1 saturated heterocycles. The first-order chi connectivity index (χ1) is 16.0. The van der Waals surface area contributed by atoms with Gasteiger partial charge in [-0.2, -0.15) is 5.10 Å². The minimum absolute atomic E-state index is 0.205. The number of carbonyl (C=O) groups excluding carboxylic acids is 1. The van der Waals surface area contributed by atoms with E-state index in [1.807, 2.05) is 24.3 Å². The molecule has 0 radical (unpaired) electrons. The number of amides is 1.